The summed E-state index contributed by atoms with van der Waals surface area (Å²) in [5.41, 5.74) is 5.51. The summed E-state index contributed by atoms with van der Waals surface area (Å²) < 4.78 is 3.03. The molecule has 122 valence electrons. The molecule has 0 atom stereocenters. The first-order valence-electron chi connectivity index (χ1n) is 7.49. The molecule has 0 bridgehead atoms. The number of aromatic nitrogens is 1. The summed E-state index contributed by atoms with van der Waals surface area (Å²) in [6, 6.07) is 15.7. The minimum Gasteiger partial charge on any atom is -0.376 e. The number of carbonyl (C=O) groups excluding carboxylic acids is 1. The summed E-state index contributed by atoms with van der Waals surface area (Å²) >= 11 is 3.37. The van der Waals surface area contributed by atoms with Crippen molar-refractivity contribution >= 4 is 44.6 Å². The van der Waals surface area contributed by atoms with E-state index in [4.69, 9.17) is 0 Å². The van der Waals surface area contributed by atoms with Gasteiger partial charge in [-0.25, -0.2) is 5.43 Å². The van der Waals surface area contributed by atoms with Gasteiger partial charge in [0, 0.05) is 39.9 Å². The van der Waals surface area contributed by atoms with Gasteiger partial charge < -0.3 is 9.88 Å². The zero-order chi connectivity index (χ0) is 16.9. The monoisotopic (exact) mass is 384 g/mol. The zero-order valence-corrected chi connectivity index (χ0v) is 14.7. The Morgan fingerprint density at radius 1 is 1.21 bits per heavy atom. The van der Waals surface area contributed by atoms with Crippen LogP contribution in [-0.2, 0) is 11.8 Å². The number of benzene rings is 2. The number of halogens is 1. The third-order valence-electron chi connectivity index (χ3n) is 3.62. The molecule has 0 aliphatic carbocycles. The molecule has 0 radical (unpaired) electrons. The van der Waals surface area contributed by atoms with Crippen molar-refractivity contribution in [3.8, 4) is 0 Å². The molecule has 0 spiro atoms. The number of amides is 1. The molecule has 24 heavy (non-hydrogen) atoms. The number of anilines is 1. The number of carbonyl (C=O) groups is 1. The lowest BCUT2D eigenvalue weighted by Gasteiger charge is -2.04. The number of hydrogen-bond acceptors (Lipinski definition) is 3. The maximum absolute atomic E-state index is 11.8. The molecule has 3 rings (SSSR count). The first kappa shape index (κ1) is 16.3. The molecule has 5 nitrogen and oxygen atoms in total. The predicted molar refractivity (Wildman–Crippen MR) is 101 cm³/mol. The predicted octanol–water partition coefficient (Wildman–Crippen LogP) is 3.50. The van der Waals surface area contributed by atoms with Crippen molar-refractivity contribution in [2.45, 2.75) is 0 Å². The minimum absolute atomic E-state index is 0.161. The average Bonchev–Trinajstić information content (AvgIpc) is 2.91. The normalized spacial score (nSPS) is 11.1. The third-order valence-corrected chi connectivity index (χ3v) is 4.15. The molecule has 1 aromatic heterocycles. The Hall–Kier alpha value is -2.60. The molecule has 0 unspecified atom stereocenters. The van der Waals surface area contributed by atoms with Crippen molar-refractivity contribution in [3.63, 3.8) is 0 Å². The molecule has 2 aromatic carbocycles. The van der Waals surface area contributed by atoms with Gasteiger partial charge in [0.05, 0.1) is 12.8 Å². The second kappa shape index (κ2) is 7.31. The maximum atomic E-state index is 11.8. The van der Waals surface area contributed by atoms with Crippen LogP contribution in [0.15, 0.2) is 64.3 Å². The van der Waals surface area contributed by atoms with E-state index < -0.39 is 0 Å². The smallest absolute Gasteiger partial charge is 0.259 e. The standard InChI is InChI=1S/C18H17BrN4O/c1-23-12-13(16-4-2-3-5-17(16)23)10-21-22-18(24)11-20-15-8-6-14(19)7-9-15/h2-10,12,20H,11H2,1H3,(H,22,24)/b21-10-. The van der Waals surface area contributed by atoms with Crippen LogP contribution in [0.5, 0.6) is 0 Å². The number of nitrogens with zero attached hydrogens (tertiary/aromatic N) is 2. The summed E-state index contributed by atoms with van der Waals surface area (Å²) in [6.45, 7) is 0.161. The third kappa shape index (κ3) is 3.83. The molecule has 0 saturated heterocycles. The second-order valence-electron chi connectivity index (χ2n) is 5.37. The summed E-state index contributed by atoms with van der Waals surface area (Å²) in [5.74, 6) is -0.200. The van der Waals surface area contributed by atoms with Gasteiger partial charge in [-0.1, -0.05) is 34.1 Å². The Bertz CT molecular complexity index is 884. The van der Waals surface area contributed by atoms with Crippen LogP contribution in [0.4, 0.5) is 5.69 Å². The number of hydrogen-bond donors (Lipinski definition) is 2. The summed E-state index contributed by atoms with van der Waals surface area (Å²) in [5, 5.41) is 8.19. The Kier molecular flexibility index (Phi) is 4.96. The number of aryl methyl sites for hydroxylation is 1. The fraction of sp³-hybridized carbons (Fsp3) is 0.111. The number of rotatable bonds is 5. The molecule has 1 heterocycles. The molecule has 3 aromatic rings. The zero-order valence-electron chi connectivity index (χ0n) is 13.2. The lowest BCUT2D eigenvalue weighted by molar-refractivity contribution is -0.119. The number of fused-ring (bicyclic) bond motifs is 1. The number of hydrazone groups is 1. The highest BCUT2D eigenvalue weighted by atomic mass is 79.9. The van der Waals surface area contributed by atoms with Crippen LogP contribution >= 0.6 is 15.9 Å². The molecular formula is C18H17BrN4O. The van der Waals surface area contributed by atoms with Crippen molar-refractivity contribution in [1.82, 2.24) is 9.99 Å². The Morgan fingerprint density at radius 3 is 2.75 bits per heavy atom. The number of nitrogens with one attached hydrogen (secondary N) is 2. The van der Waals surface area contributed by atoms with Gasteiger partial charge in [0.1, 0.15) is 0 Å². The highest BCUT2D eigenvalue weighted by Gasteiger charge is 2.04. The van der Waals surface area contributed by atoms with E-state index >= 15 is 0 Å². The van der Waals surface area contributed by atoms with Crippen LogP contribution in [0.1, 0.15) is 5.56 Å². The van der Waals surface area contributed by atoms with Gasteiger partial charge in [-0.15, -0.1) is 0 Å². The van der Waals surface area contributed by atoms with Gasteiger partial charge in [-0.2, -0.15) is 5.10 Å². The molecule has 2 N–H and O–H groups in total. The first-order valence-corrected chi connectivity index (χ1v) is 8.28. The van der Waals surface area contributed by atoms with E-state index in [1.807, 2.05) is 66.3 Å². The topological polar surface area (TPSA) is 58.4 Å². The summed E-state index contributed by atoms with van der Waals surface area (Å²) in [4.78, 5) is 11.8. The van der Waals surface area contributed by atoms with Crippen molar-refractivity contribution in [2.75, 3.05) is 11.9 Å². The van der Waals surface area contributed by atoms with Crippen molar-refractivity contribution in [1.29, 1.82) is 0 Å². The van der Waals surface area contributed by atoms with Crippen molar-refractivity contribution in [2.24, 2.45) is 12.1 Å². The van der Waals surface area contributed by atoms with Crippen LogP contribution < -0.4 is 10.7 Å². The van der Waals surface area contributed by atoms with Gasteiger partial charge >= 0.3 is 0 Å². The summed E-state index contributed by atoms with van der Waals surface area (Å²) in [7, 11) is 1.99. The van der Waals surface area contributed by atoms with Crippen LogP contribution in [0, 0.1) is 0 Å². The molecule has 0 fully saturated rings. The largest absolute Gasteiger partial charge is 0.376 e. The van der Waals surface area contributed by atoms with E-state index in [1.54, 1.807) is 6.21 Å². The fourth-order valence-electron chi connectivity index (χ4n) is 2.44. The average molecular weight is 385 g/mol. The van der Waals surface area contributed by atoms with E-state index in [9.17, 15) is 4.79 Å². The molecule has 0 aliphatic heterocycles. The maximum Gasteiger partial charge on any atom is 0.259 e. The SMILES string of the molecule is Cn1cc(/C=N\NC(=O)CNc2ccc(Br)cc2)c2ccccc21. The lowest BCUT2D eigenvalue weighted by atomic mass is 10.2. The molecule has 1 amide bonds. The quantitative estimate of drug-likeness (QED) is 0.522. The summed E-state index contributed by atoms with van der Waals surface area (Å²) in [6.07, 6.45) is 3.65. The van der Waals surface area contributed by atoms with Crippen LogP contribution in [-0.4, -0.2) is 23.2 Å². The van der Waals surface area contributed by atoms with Crippen molar-refractivity contribution < 1.29 is 4.79 Å². The van der Waals surface area contributed by atoms with Crippen molar-refractivity contribution in [3.05, 3.63) is 64.8 Å². The van der Waals surface area contributed by atoms with Gasteiger partial charge in [0.2, 0.25) is 0 Å². The van der Waals surface area contributed by atoms with Gasteiger partial charge in [0.25, 0.3) is 5.91 Å². The highest BCUT2D eigenvalue weighted by Crippen LogP contribution is 2.18. The number of para-hydroxylation sites is 1. The highest BCUT2D eigenvalue weighted by molar-refractivity contribution is 9.10. The molecule has 6 heteroatoms. The van der Waals surface area contributed by atoms with E-state index in [0.717, 1.165) is 26.6 Å². The molecule has 0 aliphatic rings. The van der Waals surface area contributed by atoms with Gasteiger partial charge in [-0.05, 0) is 30.3 Å². The molecular weight excluding hydrogens is 368 g/mol. The van der Waals surface area contributed by atoms with Crippen LogP contribution in [0.25, 0.3) is 10.9 Å². The fourth-order valence-corrected chi connectivity index (χ4v) is 2.70. The molecule has 0 saturated carbocycles. The Labute approximate surface area is 148 Å². The Balaban J connectivity index is 1.57. The second-order valence-corrected chi connectivity index (χ2v) is 6.28. The van der Waals surface area contributed by atoms with Crippen LogP contribution in [0.3, 0.4) is 0 Å². The first-order chi connectivity index (χ1) is 11.6. The van der Waals surface area contributed by atoms with Gasteiger partial charge in [-0.3, -0.25) is 4.79 Å². The van der Waals surface area contributed by atoms with Crippen LogP contribution in [0.2, 0.25) is 0 Å². The Morgan fingerprint density at radius 2 is 1.96 bits per heavy atom. The van der Waals surface area contributed by atoms with E-state index in [1.165, 1.54) is 0 Å². The minimum atomic E-state index is -0.200. The van der Waals surface area contributed by atoms with E-state index in [0.29, 0.717) is 0 Å². The van der Waals surface area contributed by atoms with Gasteiger partial charge in [0.15, 0.2) is 0 Å². The van der Waals surface area contributed by atoms with E-state index in [-0.39, 0.29) is 12.5 Å². The van der Waals surface area contributed by atoms with E-state index in [2.05, 4.69) is 31.8 Å². The lowest BCUT2D eigenvalue weighted by Crippen LogP contribution is -2.25.